The quantitative estimate of drug-likeness (QED) is 0.663. The van der Waals surface area contributed by atoms with Gasteiger partial charge in [0.15, 0.2) is 0 Å². The summed E-state index contributed by atoms with van der Waals surface area (Å²) in [4.78, 5) is 17.5. The van der Waals surface area contributed by atoms with Crippen LogP contribution in [0.3, 0.4) is 0 Å². The summed E-state index contributed by atoms with van der Waals surface area (Å²) in [7, 11) is -0.469. The van der Waals surface area contributed by atoms with E-state index < -0.39 is 22.0 Å². The van der Waals surface area contributed by atoms with E-state index in [1.54, 1.807) is 15.9 Å². The molecule has 0 bridgehead atoms. The molecule has 0 aliphatic carbocycles. The predicted molar refractivity (Wildman–Crippen MR) is 82.8 cm³/mol. The first-order valence-electron chi connectivity index (χ1n) is 7.48. The van der Waals surface area contributed by atoms with Gasteiger partial charge in [-0.3, -0.25) is 9.48 Å². The number of nitrogens with zero attached hydrogens (tertiary/aromatic N) is 5. The van der Waals surface area contributed by atoms with Crippen LogP contribution in [0.1, 0.15) is 12.8 Å². The number of hydrogen-bond donors (Lipinski definition) is 1. The van der Waals surface area contributed by atoms with E-state index in [4.69, 9.17) is 0 Å². The molecule has 1 amide bonds. The molecule has 1 aliphatic heterocycles. The molecule has 0 spiro atoms. The molecule has 9 nitrogen and oxygen atoms in total. The van der Waals surface area contributed by atoms with Gasteiger partial charge in [0.25, 0.3) is 0 Å². The molecule has 0 saturated carbocycles. The molecule has 1 N–H and O–H groups in total. The van der Waals surface area contributed by atoms with E-state index in [1.165, 1.54) is 20.4 Å². The maximum Gasteiger partial charge on any atom is 0.222 e. The summed E-state index contributed by atoms with van der Waals surface area (Å²) in [6, 6.07) is 0. The minimum Gasteiger partial charge on any atom is -0.391 e. The van der Waals surface area contributed by atoms with Gasteiger partial charge in [-0.15, -0.1) is 0 Å². The van der Waals surface area contributed by atoms with Crippen LogP contribution in [0.25, 0.3) is 0 Å². The Hall–Kier alpha value is -1.52. The van der Waals surface area contributed by atoms with Crippen LogP contribution >= 0.6 is 0 Å². The Labute approximate surface area is 136 Å². The molecule has 1 aromatic heterocycles. The second-order valence-electron chi connectivity index (χ2n) is 5.95. The second-order valence-corrected chi connectivity index (χ2v) is 8.18. The molecular weight excluding hydrogens is 322 g/mol. The highest BCUT2D eigenvalue weighted by molar-refractivity contribution is 7.89. The van der Waals surface area contributed by atoms with E-state index in [-0.39, 0.29) is 24.7 Å². The Balaban J connectivity index is 1.81. The number of likely N-dealkylation sites (tertiary alicyclic amines) is 1. The highest BCUT2D eigenvalue weighted by Gasteiger charge is 2.37. The van der Waals surface area contributed by atoms with Crippen molar-refractivity contribution in [3.63, 3.8) is 0 Å². The summed E-state index contributed by atoms with van der Waals surface area (Å²) < 4.78 is 26.6. The van der Waals surface area contributed by atoms with Gasteiger partial charge < -0.3 is 10.0 Å². The summed E-state index contributed by atoms with van der Waals surface area (Å²) in [6.45, 7) is 1.06. The first-order chi connectivity index (χ1) is 10.8. The highest BCUT2D eigenvalue weighted by atomic mass is 32.2. The number of aliphatic hydroxyl groups is 1. The van der Waals surface area contributed by atoms with Crippen molar-refractivity contribution in [1.29, 1.82) is 0 Å². The van der Waals surface area contributed by atoms with Crippen molar-refractivity contribution in [3.05, 3.63) is 12.7 Å². The average Bonchev–Trinajstić information content (AvgIpc) is 3.09. The number of aromatic nitrogens is 3. The van der Waals surface area contributed by atoms with Gasteiger partial charge in [-0.2, -0.15) is 5.10 Å². The molecule has 1 saturated heterocycles. The van der Waals surface area contributed by atoms with E-state index in [0.29, 0.717) is 19.4 Å². The third-order valence-electron chi connectivity index (χ3n) is 3.98. The van der Waals surface area contributed by atoms with Crippen LogP contribution in [0.15, 0.2) is 12.7 Å². The van der Waals surface area contributed by atoms with Crippen molar-refractivity contribution in [3.8, 4) is 0 Å². The normalized spacial score (nSPS) is 22.0. The third-order valence-corrected chi connectivity index (χ3v) is 5.95. The van der Waals surface area contributed by atoms with Gasteiger partial charge in [0.05, 0.1) is 11.9 Å². The molecule has 2 heterocycles. The zero-order valence-corrected chi connectivity index (χ0v) is 14.2. The third kappa shape index (κ3) is 4.72. The standard InChI is InChI=1S/C13H23N5O4S/c1-16(2)23(21,22)8-11-6-17(7-12(11)19)13(20)4-3-5-18-10-14-9-15-18/h9-12,19H,3-8H2,1-2H3/t11-,12-/m0/s1. The topological polar surface area (TPSA) is 109 Å². The van der Waals surface area contributed by atoms with E-state index in [2.05, 4.69) is 10.1 Å². The van der Waals surface area contributed by atoms with Gasteiger partial charge in [0, 0.05) is 46.1 Å². The number of β-amino-alcohol motifs (C(OH)–C–C–N with tert-alkyl or cyclic N) is 1. The van der Waals surface area contributed by atoms with Crippen LogP contribution in [0.5, 0.6) is 0 Å². The summed E-state index contributed by atoms with van der Waals surface area (Å²) >= 11 is 0. The van der Waals surface area contributed by atoms with Gasteiger partial charge in [-0.05, 0) is 6.42 Å². The summed E-state index contributed by atoms with van der Waals surface area (Å²) in [5.41, 5.74) is 0. The van der Waals surface area contributed by atoms with Crippen molar-refractivity contribution >= 4 is 15.9 Å². The van der Waals surface area contributed by atoms with Crippen molar-refractivity contribution in [2.45, 2.75) is 25.5 Å². The Morgan fingerprint density at radius 2 is 2.13 bits per heavy atom. The van der Waals surface area contributed by atoms with E-state index in [1.807, 2.05) is 0 Å². The molecule has 0 aromatic carbocycles. The fourth-order valence-corrected chi connectivity index (χ4v) is 3.71. The van der Waals surface area contributed by atoms with Crippen LogP contribution in [0, 0.1) is 5.92 Å². The number of amides is 1. The van der Waals surface area contributed by atoms with Crippen LogP contribution in [-0.4, -0.2) is 82.4 Å². The van der Waals surface area contributed by atoms with Gasteiger partial charge in [-0.25, -0.2) is 17.7 Å². The van der Waals surface area contributed by atoms with Crippen molar-refractivity contribution < 1.29 is 18.3 Å². The SMILES string of the molecule is CN(C)S(=O)(=O)C[C@@H]1CN(C(=O)CCCn2cncn2)C[C@@H]1O. The zero-order chi connectivity index (χ0) is 17.0. The first kappa shape index (κ1) is 17.8. The minimum atomic E-state index is -3.39. The lowest BCUT2D eigenvalue weighted by atomic mass is 10.1. The molecule has 1 aliphatic rings. The fourth-order valence-electron chi connectivity index (χ4n) is 2.54. The van der Waals surface area contributed by atoms with Gasteiger partial charge in [-0.1, -0.05) is 0 Å². The lowest BCUT2D eigenvalue weighted by Crippen LogP contribution is -2.33. The van der Waals surface area contributed by atoms with Gasteiger partial charge in [0.2, 0.25) is 15.9 Å². The molecule has 2 rings (SSSR count). The fraction of sp³-hybridized carbons (Fsp3) is 0.769. The molecule has 2 atom stereocenters. The molecular formula is C13H23N5O4S. The maximum absolute atomic E-state index is 12.2. The monoisotopic (exact) mass is 345 g/mol. The minimum absolute atomic E-state index is 0.0751. The Morgan fingerprint density at radius 1 is 1.39 bits per heavy atom. The van der Waals surface area contributed by atoms with Crippen molar-refractivity contribution in [2.24, 2.45) is 5.92 Å². The number of carbonyl (C=O) groups is 1. The summed E-state index contributed by atoms with van der Waals surface area (Å²) in [6.07, 6.45) is 3.18. The van der Waals surface area contributed by atoms with E-state index >= 15 is 0 Å². The van der Waals surface area contributed by atoms with Crippen molar-refractivity contribution in [1.82, 2.24) is 24.0 Å². The highest BCUT2D eigenvalue weighted by Crippen LogP contribution is 2.20. The number of aryl methyl sites for hydroxylation is 1. The molecule has 1 fully saturated rings. The van der Waals surface area contributed by atoms with E-state index in [0.717, 1.165) is 4.31 Å². The number of aliphatic hydroxyl groups excluding tert-OH is 1. The Bertz CT molecular complexity index is 616. The summed E-state index contributed by atoms with van der Waals surface area (Å²) in [5, 5.41) is 14.0. The van der Waals surface area contributed by atoms with E-state index in [9.17, 15) is 18.3 Å². The molecule has 0 radical (unpaired) electrons. The predicted octanol–water partition coefficient (Wildman–Crippen LogP) is -1.23. The first-order valence-corrected chi connectivity index (χ1v) is 9.09. The average molecular weight is 345 g/mol. The van der Waals surface area contributed by atoms with Gasteiger partial charge in [0.1, 0.15) is 12.7 Å². The number of sulfonamides is 1. The molecule has 0 unspecified atom stereocenters. The second kappa shape index (κ2) is 7.37. The van der Waals surface area contributed by atoms with Crippen LogP contribution in [-0.2, 0) is 21.4 Å². The maximum atomic E-state index is 12.2. The van der Waals surface area contributed by atoms with Crippen LogP contribution in [0.4, 0.5) is 0 Å². The molecule has 10 heteroatoms. The van der Waals surface area contributed by atoms with Crippen molar-refractivity contribution in [2.75, 3.05) is 32.9 Å². The number of rotatable bonds is 7. The molecule has 1 aromatic rings. The summed E-state index contributed by atoms with van der Waals surface area (Å²) in [5.74, 6) is -0.667. The van der Waals surface area contributed by atoms with Crippen LogP contribution in [0.2, 0.25) is 0 Å². The zero-order valence-electron chi connectivity index (χ0n) is 13.4. The Morgan fingerprint density at radius 3 is 2.74 bits per heavy atom. The molecule has 23 heavy (non-hydrogen) atoms. The lowest BCUT2D eigenvalue weighted by Gasteiger charge is -2.18. The largest absolute Gasteiger partial charge is 0.391 e. The lowest BCUT2D eigenvalue weighted by molar-refractivity contribution is -0.130. The number of carbonyl (C=O) groups excluding carboxylic acids is 1. The molecule has 130 valence electrons. The Kier molecular flexibility index (Phi) is 5.71. The van der Waals surface area contributed by atoms with Gasteiger partial charge >= 0.3 is 0 Å². The number of hydrogen-bond acceptors (Lipinski definition) is 6. The van der Waals surface area contributed by atoms with Crippen LogP contribution < -0.4 is 0 Å². The smallest absolute Gasteiger partial charge is 0.222 e.